The van der Waals surface area contributed by atoms with Crippen LogP contribution in [0.5, 0.6) is 0 Å². The third-order valence-electron chi connectivity index (χ3n) is 2.55. The number of carbonyl (C=O) groups is 2. The number of hydrogen-bond donors (Lipinski definition) is 1. The fourth-order valence-corrected chi connectivity index (χ4v) is 1.35. The van der Waals surface area contributed by atoms with Gasteiger partial charge in [0, 0.05) is 21.0 Å². The lowest BCUT2D eigenvalue weighted by atomic mass is 10.3. The average molecular weight is 351 g/mol. The molecule has 7 heteroatoms. The normalized spacial score (nSPS) is 10.0. The Morgan fingerprint density at radius 2 is 1.33 bits per heavy atom. The number of ether oxygens (including phenoxy) is 4. The lowest BCUT2D eigenvalue weighted by Gasteiger charge is -2.08. The fourth-order valence-electron chi connectivity index (χ4n) is 1.35. The summed E-state index contributed by atoms with van der Waals surface area (Å²) in [7, 11) is 0. The zero-order chi connectivity index (χ0) is 18.5. The molecule has 0 spiro atoms. The number of ketones is 1. The van der Waals surface area contributed by atoms with Crippen LogP contribution in [-0.2, 0) is 28.5 Å². The highest BCUT2D eigenvalue weighted by Gasteiger charge is 2.01. The molecule has 0 saturated heterocycles. The first kappa shape index (κ1) is 25.2. The third-order valence-corrected chi connectivity index (χ3v) is 2.55. The van der Waals surface area contributed by atoms with Crippen LogP contribution >= 0.6 is 0 Å². The predicted molar refractivity (Wildman–Crippen MR) is 95.3 cm³/mol. The van der Waals surface area contributed by atoms with Crippen molar-refractivity contribution in [2.24, 2.45) is 0 Å². The molecular formula is C17H37NO6. The Morgan fingerprint density at radius 3 is 1.92 bits per heavy atom. The number of rotatable bonds is 16. The van der Waals surface area contributed by atoms with Crippen molar-refractivity contribution in [3.8, 4) is 0 Å². The molecule has 0 saturated carbocycles. The molecule has 0 radical (unpaired) electrons. The van der Waals surface area contributed by atoms with Crippen LogP contribution in [0.4, 0.5) is 0 Å². The molecule has 1 amide bonds. The van der Waals surface area contributed by atoms with Gasteiger partial charge in [-0.05, 0) is 6.42 Å². The average Bonchev–Trinajstić information content (AvgIpc) is 2.61. The molecule has 0 aromatic heterocycles. The molecule has 0 aromatic rings. The number of hydrogen-bond acceptors (Lipinski definition) is 6. The van der Waals surface area contributed by atoms with E-state index in [1.54, 1.807) is 6.92 Å². The van der Waals surface area contributed by atoms with Crippen molar-refractivity contribution in [1.29, 1.82) is 0 Å². The maximum Gasteiger partial charge on any atom is 0.246 e. The molecule has 146 valence electrons. The maximum atomic E-state index is 11.4. The minimum atomic E-state index is -0.177. The van der Waals surface area contributed by atoms with E-state index in [-0.39, 0.29) is 26.3 Å². The molecule has 0 bridgehead atoms. The second-order valence-electron chi connectivity index (χ2n) is 4.57. The lowest BCUT2D eigenvalue weighted by Crippen LogP contribution is -2.31. The van der Waals surface area contributed by atoms with Gasteiger partial charge in [-0.2, -0.15) is 0 Å². The summed E-state index contributed by atoms with van der Waals surface area (Å²) in [4.78, 5) is 22.3. The second kappa shape index (κ2) is 22.0. The Balaban J connectivity index is -0.00000155. The summed E-state index contributed by atoms with van der Waals surface area (Å²) in [6.07, 6.45) is 1.46. The molecule has 0 heterocycles. The van der Waals surface area contributed by atoms with Crippen LogP contribution in [-0.4, -0.2) is 71.1 Å². The topological polar surface area (TPSA) is 83.1 Å². The summed E-state index contributed by atoms with van der Waals surface area (Å²) >= 11 is 0. The van der Waals surface area contributed by atoms with E-state index in [2.05, 4.69) is 5.32 Å². The van der Waals surface area contributed by atoms with Gasteiger partial charge in [-0.25, -0.2) is 0 Å². The Hall–Kier alpha value is -1.02. The van der Waals surface area contributed by atoms with Crippen LogP contribution in [0.15, 0.2) is 0 Å². The van der Waals surface area contributed by atoms with Crippen LogP contribution in [0.1, 0.15) is 42.0 Å². The van der Waals surface area contributed by atoms with Gasteiger partial charge in [0.05, 0.1) is 33.0 Å². The minimum absolute atomic E-state index is 0. The quantitative estimate of drug-likeness (QED) is 0.427. The van der Waals surface area contributed by atoms with Crippen LogP contribution in [0, 0.1) is 0 Å². The molecule has 24 heavy (non-hydrogen) atoms. The summed E-state index contributed by atoms with van der Waals surface area (Å²) in [5, 5.41) is 2.68. The van der Waals surface area contributed by atoms with E-state index in [9.17, 15) is 9.59 Å². The Labute approximate surface area is 147 Å². The predicted octanol–water partition coefficient (Wildman–Crippen LogP) is 1.83. The molecule has 0 aliphatic heterocycles. The largest absolute Gasteiger partial charge is 0.379 e. The number of Topliss-reactive ketones (excluding diaryl/α,β-unsaturated/α-hetero) is 1. The first-order chi connectivity index (χ1) is 11.7. The van der Waals surface area contributed by atoms with Crippen molar-refractivity contribution in [2.75, 3.05) is 59.4 Å². The van der Waals surface area contributed by atoms with E-state index in [1.807, 2.05) is 20.8 Å². The molecule has 0 aliphatic carbocycles. The molecule has 0 aromatic carbocycles. The Morgan fingerprint density at radius 1 is 0.792 bits per heavy atom. The first-order valence-corrected chi connectivity index (χ1v) is 8.80. The molecule has 0 rings (SSSR count). The van der Waals surface area contributed by atoms with Gasteiger partial charge in [0.25, 0.3) is 0 Å². The molecule has 0 unspecified atom stereocenters. The molecule has 0 atom stereocenters. The van der Waals surface area contributed by atoms with Crippen LogP contribution in [0.3, 0.4) is 0 Å². The highest BCUT2D eigenvalue weighted by Crippen LogP contribution is 1.85. The Kier molecular flexibility index (Phi) is 23.1. The summed E-state index contributed by atoms with van der Waals surface area (Å²) in [6.45, 7) is 11.2. The van der Waals surface area contributed by atoms with E-state index in [0.29, 0.717) is 52.6 Å². The summed E-state index contributed by atoms with van der Waals surface area (Å²) < 4.78 is 20.7. The van der Waals surface area contributed by atoms with E-state index in [0.717, 1.165) is 6.42 Å². The van der Waals surface area contributed by atoms with Gasteiger partial charge in [-0.3, -0.25) is 9.59 Å². The van der Waals surface area contributed by atoms with Crippen LogP contribution < -0.4 is 5.32 Å². The van der Waals surface area contributed by atoms with E-state index in [1.165, 1.54) is 0 Å². The SMILES string of the molecule is CC.CCCOCCOCC(=O)NCCOCCOCC(=O)CC.[HH]. The zero-order valence-corrected chi connectivity index (χ0v) is 15.7. The Bertz CT molecular complexity index is 292. The standard InChI is InChI=1S/C15H29NO6.C2H6.H2/c1-3-6-19-8-11-22-13-15(18)16-5-7-20-9-10-21-12-14(17)4-2;1-2;/h3-13H2,1-2H3,(H,16,18);1-2H3;1H. The lowest BCUT2D eigenvalue weighted by molar-refractivity contribution is -0.127. The number of nitrogens with one attached hydrogen (secondary N) is 1. The second-order valence-corrected chi connectivity index (χ2v) is 4.57. The summed E-state index contributed by atoms with van der Waals surface area (Å²) in [5.74, 6) is -0.101. The van der Waals surface area contributed by atoms with Gasteiger partial charge >= 0.3 is 0 Å². The summed E-state index contributed by atoms with van der Waals surface area (Å²) in [5.41, 5.74) is 0. The molecular weight excluding hydrogens is 314 g/mol. The number of carbonyl (C=O) groups excluding carboxylic acids is 2. The third kappa shape index (κ3) is 21.0. The highest BCUT2D eigenvalue weighted by molar-refractivity contribution is 5.79. The first-order valence-electron chi connectivity index (χ1n) is 8.80. The molecule has 0 fully saturated rings. The number of amides is 1. The van der Waals surface area contributed by atoms with Crippen molar-refractivity contribution in [2.45, 2.75) is 40.5 Å². The van der Waals surface area contributed by atoms with Gasteiger partial charge in [0.15, 0.2) is 5.78 Å². The molecule has 0 aliphatic rings. The van der Waals surface area contributed by atoms with Crippen molar-refractivity contribution < 1.29 is 30.0 Å². The van der Waals surface area contributed by atoms with E-state index < -0.39 is 0 Å². The van der Waals surface area contributed by atoms with Crippen molar-refractivity contribution >= 4 is 11.7 Å². The maximum absolute atomic E-state index is 11.4. The van der Waals surface area contributed by atoms with Gasteiger partial charge < -0.3 is 24.3 Å². The molecule has 1 N–H and O–H groups in total. The van der Waals surface area contributed by atoms with Gasteiger partial charge in [0.1, 0.15) is 13.2 Å². The highest BCUT2D eigenvalue weighted by atomic mass is 16.5. The van der Waals surface area contributed by atoms with Crippen molar-refractivity contribution in [3.05, 3.63) is 0 Å². The summed E-state index contributed by atoms with van der Waals surface area (Å²) in [6, 6.07) is 0. The van der Waals surface area contributed by atoms with Crippen molar-refractivity contribution in [3.63, 3.8) is 0 Å². The zero-order valence-electron chi connectivity index (χ0n) is 15.7. The fraction of sp³-hybridized carbons (Fsp3) is 0.882. The van der Waals surface area contributed by atoms with Gasteiger partial charge in [0.2, 0.25) is 5.91 Å². The van der Waals surface area contributed by atoms with Crippen LogP contribution in [0.25, 0.3) is 0 Å². The van der Waals surface area contributed by atoms with Crippen LogP contribution in [0.2, 0.25) is 0 Å². The van der Waals surface area contributed by atoms with Gasteiger partial charge in [-0.15, -0.1) is 0 Å². The smallest absolute Gasteiger partial charge is 0.246 e. The van der Waals surface area contributed by atoms with Gasteiger partial charge in [-0.1, -0.05) is 27.7 Å². The monoisotopic (exact) mass is 351 g/mol. The van der Waals surface area contributed by atoms with E-state index >= 15 is 0 Å². The molecule has 7 nitrogen and oxygen atoms in total. The van der Waals surface area contributed by atoms with E-state index in [4.69, 9.17) is 18.9 Å². The van der Waals surface area contributed by atoms with Crippen molar-refractivity contribution in [1.82, 2.24) is 5.32 Å². The minimum Gasteiger partial charge on any atom is -0.379 e.